The number of H-pyrrole nitrogens is 2. The Morgan fingerprint density at radius 1 is 0.537 bits per heavy atom. The third kappa shape index (κ3) is 9.10. The molecule has 0 saturated heterocycles. The number of nitrogens with zero attached hydrogens (tertiary/aromatic N) is 2. The fourth-order valence-corrected chi connectivity index (χ4v) is 6.44. The molecule has 0 unspecified atom stereocenters. The summed E-state index contributed by atoms with van der Waals surface area (Å²) < 4.78 is 11.0. The van der Waals surface area contributed by atoms with E-state index in [0.29, 0.717) is 11.6 Å². The Bertz CT molecular complexity index is 2130. The highest BCUT2D eigenvalue weighted by atomic mass is 16.6. The molecule has 4 N–H and O–H groups in total. The van der Waals surface area contributed by atoms with Crippen molar-refractivity contribution in [1.29, 1.82) is 0 Å². The number of ether oxygens (including phenoxy) is 2. The second-order valence-electron chi connectivity index (χ2n) is 16.7. The minimum absolute atomic E-state index is 0.104. The van der Waals surface area contributed by atoms with Crippen molar-refractivity contribution in [2.45, 2.75) is 92.5 Å². The SMILES string of the molecule is CC(C)[C@H](NC(=O)OC(C)(C)C)c1ncc(-c2ccc3cc(-c4ccc5cc(-c6cnc([C@@H](NC(=O)OC(C)(C)C)C(C)C)[nH]6)ccc5c4)ccc3c2)[nH]1. The Morgan fingerprint density at radius 3 is 1.17 bits per heavy atom. The van der Waals surface area contributed by atoms with Crippen LogP contribution < -0.4 is 10.6 Å². The summed E-state index contributed by atoms with van der Waals surface area (Å²) in [6.07, 6.45) is 2.70. The van der Waals surface area contributed by atoms with Crippen molar-refractivity contribution >= 4 is 33.7 Å². The average Bonchev–Trinajstić information content (AvgIpc) is 3.78. The van der Waals surface area contributed by atoms with Crippen LogP contribution in [0.25, 0.3) is 55.2 Å². The first-order valence-electron chi connectivity index (χ1n) is 18.6. The smallest absolute Gasteiger partial charge is 0.408 e. The average molecular weight is 729 g/mol. The summed E-state index contributed by atoms with van der Waals surface area (Å²) >= 11 is 0. The molecule has 0 aliphatic carbocycles. The first-order valence-corrected chi connectivity index (χ1v) is 18.6. The first-order chi connectivity index (χ1) is 25.4. The predicted molar refractivity (Wildman–Crippen MR) is 216 cm³/mol. The number of rotatable bonds is 9. The van der Waals surface area contributed by atoms with E-state index in [1.165, 1.54) is 0 Å². The predicted octanol–water partition coefficient (Wildman–Crippen LogP) is 10.9. The monoisotopic (exact) mass is 728 g/mol. The molecule has 4 aromatic carbocycles. The zero-order chi connectivity index (χ0) is 38.9. The summed E-state index contributed by atoms with van der Waals surface area (Å²) in [5.41, 5.74) is 4.88. The molecular formula is C44H52N6O4. The van der Waals surface area contributed by atoms with E-state index in [4.69, 9.17) is 9.47 Å². The van der Waals surface area contributed by atoms with Crippen LogP contribution in [0.2, 0.25) is 0 Å². The molecule has 2 heterocycles. The molecule has 6 rings (SSSR count). The van der Waals surface area contributed by atoms with Crippen LogP contribution in [0.15, 0.2) is 85.2 Å². The van der Waals surface area contributed by atoms with Gasteiger partial charge in [0, 0.05) is 11.1 Å². The maximum absolute atomic E-state index is 12.5. The minimum atomic E-state index is -0.583. The molecule has 0 spiro atoms. The van der Waals surface area contributed by atoms with Crippen LogP contribution in [0.3, 0.4) is 0 Å². The van der Waals surface area contributed by atoms with Gasteiger partial charge in [0.05, 0.1) is 35.9 Å². The van der Waals surface area contributed by atoms with E-state index in [0.717, 1.165) is 55.2 Å². The third-order valence-electron chi connectivity index (χ3n) is 9.09. The molecule has 2 atom stereocenters. The normalized spacial score (nSPS) is 13.3. The van der Waals surface area contributed by atoms with E-state index < -0.39 is 23.4 Å². The van der Waals surface area contributed by atoms with Crippen molar-refractivity contribution in [2.24, 2.45) is 11.8 Å². The zero-order valence-corrected chi connectivity index (χ0v) is 32.9. The van der Waals surface area contributed by atoms with Gasteiger partial charge in [0.25, 0.3) is 0 Å². The van der Waals surface area contributed by atoms with Crippen molar-refractivity contribution in [1.82, 2.24) is 30.6 Å². The van der Waals surface area contributed by atoms with Gasteiger partial charge in [-0.15, -0.1) is 0 Å². The van der Waals surface area contributed by atoms with E-state index in [9.17, 15) is 9.59 Å². The maximum atomic E-state index is 12.5. The first kappa shape index (κ1) is 38.1. The molecule has 10 heteroatoms. The van der Waals surface area contributed by atoms with Gasteiger partial charge in [-0.05, 0) is 110 Å². The van der Waals surface area contributed by atoms with Gasteiger partial charge < -0.3 is 30.1 Å². The minimum Gasteiger partial charge on any atom is -0.444 e. The highest BCUT2D eigenvalue weighted by molar-refractivity contribution is 5.94. The van der Waals surface area contributed by atoms with Gasteiger partial charge in [0.2, 0.25) is 0 Å². The van der Waals surface area contributed by atoms with Crippen LogP contribution in [0.4, 0.5) is 9.59 Å². The van der Waals surface area contributed by atoms with Gasteiger partial charge in [0.1, 0.15) is 22.9 Å². The lowest BCUT2D eigenvalue weighted by Crippen LogP contribution is -2.37. The lowest BCUT2D eigenvalue weighted by Gasteiger charge is -2.24. The molecule has 2 amide bonds. The zero-order valence-electron chi connectivity index (χ0n) is 32.9. The summed E-state index contributed by atoms with van der Waals surface area (Å²) in [5.74, 6) is 1.58. The van der Waals surface area contributed by atoms with E-state index in [-0.39, 0.29) is 23.9 Å². The Balaban J connectivity index is 1.18. The summed E-state index contributed by atoms with van der Waals surface area (Å²) in [7, 11) is 0. The van der Waals surface area contributed by atoms with Gasteiger partial charge in [-0.1, -0.05) is 76.2 Å². The molecule has 2 aromatic heterocycles. The van der Waals surface area contributed by atoms with Crippen LogP contribution in [0.5, 0.6) is 0 Å². The Morgan fingerprint density at radius 2 is 0.852 bits per heavy atom. The number of aromatic amines is 2. The van der Waals surface area contributed by atoms with Crippen LogP contribution in [0.1, 0.15) is 93.0 Å². The number of fused-ring (bicyclic) bond motifs is 2. The second-order valence-corrected chi connectivity index (χ2v) is 16.7. The lowest BCUT2D eigenvalue weighted by molar-refractivity contribution is 0.0475. The Labute approximate surface area is 317 Å². The number of benzene rings is 4. The highest BCUT2D eigenvalue weighted by Gasteiger charge is 2.26. The van der Waals surface area contributed by atoms with E-state index in [2.05, 4.69) is 103 Å². The van der Waals surface area contributed by atoms with Crippen molar-refractivity contribution in [3.63, 3.8) is 0 Å². The molecule has 0 radical (unpaired) electrons. The summed E-state index contributed by atoms with van der Waals surface area (Å²) in [6.45, 7) is 19.2. The summed E-state index contributed by atoms with van der Waals surface area (Å²) in [6, 6.07) is 25.2. The quantitative estimate of drug-likeness (QED) is 0.117. The van der Waals surface area contributed by atoms with Crippen molar-refractivity contribution in [3.8, 4) is 33.6 Å². The van der Waals surface area contributed by atoms with E-state index in [1.54, 1.807) is 0 Å². The third-order valence-corrected chi connectivity index (χ3v) is 9.09. The number of aromatic nitrogens is 4. The number of carbonyl (C=O) groups is 2. The van der Waals surface area contributed by atoms with Crippen molar-refractivity contribution in [2.75, 3.05) is 0 Å². The molecule has 54 heavy (non-hydrogen) atoms. The van der Waals surface area contributed by atoms with Crippen LogP contribution >= 0.6 is 0 Å². The van der Waals surface area contributed by atoms with Crippen LogP contribution in [-0.2, 0) is 9.47 Å². The topological polar surface area (TPSA) is 134 Å². The summed E-state index contributed by atoms with van der Waals surface area (Å²) in [5, 5.41) is 10.4. The second kappa shape index (κ2) is 15.0. The van der Waals surface area contributed by atoms with Crippen LogP contribution in [0, 0.1) is 11.8 Å². The number of hydrogen-bond acceptors (Lipinski definition) is 6. The molecule has 10 nitrogen and oxygen atoms in total. The fourth-order valence-electron chi connectivity index (χ4n) is 6.44. The Kier molecular flexibility index (Phi) is 10.6. The molecule has 0 aliphatic heterocycles. The van der Waals surface area contributed by atoms with Gasteiger partial charge in [-0.3, -0.25) is 0 Å². The number of nitrogens with one attached hydrogen (secondary N) is 4. The fraction of sp³-hybridized carbons (Fsp3) is 0.364. The number of amides is 2. The molecule has 0 saturated carbocycles. The molecule has 0 aliphatic rings. The van der Waals surface area contributed by atoms with Gasteiger partial charge in [-0.25, -0.2) is 19.6 Å². The largest absolute Gasteiger partial charge is 0.444 e. The van der Waals surface area contributed by atoms with E-state index >= 15 is 0 Å². The van der Waals surface area contributed by atoms with Crippen molar-refractivity contribution < 1.29 is 19.1 Å². The molecule has 0 bridgehead atoms. The maximum Gasteiger partial charge on any atom is 0.408 e. The van der Waals surface area contributed by atoms with Gasteiger partial charge in [0.15, 0.2) is 0 Å². The van der Waals surface area contributed by atoms with Crippen LogP contribution in [-0.4, -0.2) is 43.3 Å². The van der Waals surface area contributed by atoms with Gasteiger partial charge >= 0.3 is 12.2 Å². The number of imidazole rings is 2. The number of carbonyl (C=O) groups excluding carboxylic acids is 2. The molecule has 6 aromatic rings. The van der Waals surface area contributed by atoms with E-state index in [1.807, 2.05) is 81.6 Å². The van der Waals surface area contributed by atoms with Gasteiger partial charge in [-0.2, -0.15) is 0 Å². The number of alkyl carbamates (subject to hydrolysis) is 2. The highest BCUT2D eigenvalue weighted by Crippen LogP contribution is 2.33. The molecule has 0 fully saturated rings. The number of hydrogen-bond donors (Lipinski definition) is 4. The molecule has 282 valence electrons. The lowest BCUT2D eigenvalue weighted by atomic mass is 9.97. The Hall–Kier alpha value is -5.64. The summed E-state index contributed by atoms with van der Waals surface area (Å²) in [4.78, 5) is 41.2. The molecular weight excluding hydrogens is 677 g/mol. The standard InChI is InChI=1S/C44H52N6O4/c1-25(2)37(49-41(51)53-43(5,6)7)39-45-23-35(47-39)33-17-15-29-19-27(11-13-31(29)21-33)28-12-14-32-22-34(18-16-30(32)20-28)36-24-46-40(48-36)38(26(3)4)50-42(52)54-44(8,9)10/h11-26,37-38H,1-10H3,(H,45,47)(H,46,48)(H,49,51)(H,50,52)/t37-,38-/m0/s1. The van der Waals surface area contributed by atoms with Crippen molar-refractivity contribution in [3.05, 3.63) is 96.8 Å².